The number of rotatable bonds is 3. The highest BCUT2D eigenvalue weighted by molar-refractivity contribution is 5.63. The van der Waals surface area contributed by atoms with E-state index in [1.54, 1.807) is 13.2 Å². The number of benzene rings is 1. The van der Waals surface area contributed by atoms with E-state index in [9.17, 15) is 4.39 Å². The van der Waals surface area contributed by atoms with Gasteiger partial charge in [-0.2, -0.15) is 0 Å². The lowest BCUT2D eigenvalue weighted by Crippen LogP contribution is -1.91. The van der Waals surface area contributed by atoms with Gasteiger partial charge in [0.2, 0.25) is 5.89 Å². The van der Waals surface area contributed by atoms with E-state index in [0.29, 0.717) is 23.8 Å². The summed E-state index contributed by atoms with van der Waals surface area (Å²) < 4.78 is 23.0. The number of nitrogens with two attached hydrogens (primary N) is 1. The van der Waals surface area contributed by atoms with Crippen LogP contribution in [0.25, 0.3) is 11.3 Å². The van der Waals surface area contributed by atoms with E-state index in [-0.39, 0.29) is 5.69 Å². The molecule has 1 aromatic carbocycles. The van der Waals surface area contributed by atoms with Gasteiger partial charge in [0.1, 0.15) is 24.4 Å². The first-order valence-corrected chi connectivity index (χ1v) is 4.69. The summed E-state index contributed by atoms with van der Waals surface area (Å²) in [7, 11) is 1.56. The predicted molar refractivity (Wildman–Crippen MR) is 57.0 cm³/mol. The molecule has 2 aromatic rings. The SMILES string of the molecule is COCc1nc(-c2ccc(F)c(N)c2)co1. The average molecular weight is 222 g/mol. The van der Waals surface area contributed by atoms with Gasteiger partial charge in [-0.3, -0.25) is 0 Å². The van der Waals surface area contributed by atoms with Gasteiger partial charge in [-0.1, -0.05) is 0 Å². The summed E-state index contributed by atoms with van der Waals surface area (Å²) in [5.41, 5.74) is 6.88. The van der Waals surface area contributed by atoms with Crippen LogP contribution in [-0.4, -0.2) is 12.1 Å². The number of methoxy groups -OCH3 is 1. The summed E-state index contributed by atoms with van der Waals surface area (Å²) in [5, 5.41) is 0. The third-order valence-corrected chi connectivity index (χ3v) is 2.11. The molecule has 0 bridgehead atoms. The number of halogens is 1. The monoisotopic (exact) mass is 222 g/mol. The molecule has 0 unspecified atom stereocenters. The maximum Gasteiger partial charge on any atom is 0.220 e. The van der Waals surface area contributed by atoms with Crippen LogP contribution >= 0.6 is 0 Å². The Morgan fingerprint density at radius 3 is 3.00 bits per heavy atom. The van der Waals surface area contributed by atoms with Crippen LogP contribution in [0.5, 0.6) is 0 Å². The lowest BCUT2D eigenvalue weighted by atomic mass is 10.1. The molecule has 0 aliphatic rings. The number of nitrogens with zero attached hydrogens (tertiary/aromatic N) is 1. The van der Waals surface area contributed by atoms with Crippen molar-refractivity contribution in [2.24, 2.45) is 0 Å². The van der Waals surface area contributed by atoms with Crippen LogP contribution in [0.2, 0.25) is 0 Å². The zero-order chi connectivity index (χ0) is 11.5. The molecule has 1 heterocycles. The van der Waals surface area contributed by atoms with Gasteiger partial charge in [-0.25, -0.2) is 9.37 Å². The van der Waals surface area contributed by atoms with Crippen molar-refractivity contribution in [3.8, 4) is 11.3 Å². The van der Waals surface area contributed by atoms with Crippen molar-refractivity contribution in [1.29, 1.82) is 0 Å². The zero-order valence-corrected chi connectivity index (χ0v) is 8.74. The highest BCUT2D eigenvalue weighted by Gasteiger charge is 2.07. The number of anilines is 1. The van der Waals surface area contributed by atoms with Crippen molar-refractivity contribution in [2.75, 3.05) is 12.8 Å². The Bertz CT molecular complexity index is 496. The van der Waals surface area contributed by atoms with Crippen LogP contribution in [0.3, 0.4) is 0 Å². The average Bonchev–Trinajstić information content (AvgIpc) is 2.71. The van der Waals surface area contributed by atoms with Gasteiger partial charge >= 0.3 is 0 Å². The van der Waals surface area contributed by atoms with Crippen molar-refractivity contribution in [2.45, 2.75) is 6.61 Å². The molecule has 0 spiro atoms. The number of aromatic nitrogens is 1. The summed E-state index contributed by atoms with van der Waals surface area (Å²) in [4.78, 5) is 4.17. The molecule has 5 heteroatoms. The Labute approximate surface area is 91.9 Å². The molecule has 0 saturated heterocycles. The lowest BCUT2D eigenvalue weighted by Gasteiger charge is -1.99. The molecule has 0 atom stereocenters. The number of ether oxygens (including phenoxy) is 1. The first-order chi connectivity index (χ1) is 7.70. The standard InChI is InChI=1S/C11H11FN2O2/c1-15-6-11-14-10(5-16-11)7-2-3-8(12)9(13)4-7/h2-5H,6,13H2,1H3. The molecule has 2 N–H and O–H groups in total. The maximum atomic E-state index is 13.0. The summed E-state index contributed by atoms with van der Waals surface area (Å²) in [6.07, 6.45) is 1.49. The van der Waals surface area contributed by atoms with E-state index in [1.165, 1.54) is 18.4 Å². The Morgan fingerprint density at radius 2 is 2.31 bits per heavy atom. The van der Waals surface area contributed by atoms with Crippen molar-refractivity contribution in [1.82, 2.24) is 4.98 Å². The van der Waals surface area contributed by atoms with E-state index in [0.717, 1.165) is 0 Å². The van der Waals surface area contributed by atoms with E-state index >= 15 is 0 Å². The van der Waals surface area contributed by atoms with Crippen LogP contribution in [0, 0.1) is 5.82 Å². The summed E-state index contributed by atoms with van der Waals surface area (Å²) in [6.45, 7) is 0.302. The molecular weight excluding hydrogens is 211 g/mol. The molecular formula is C11H11FN2O2. The fraction of sp³-hybridized carbons (Fsp3) is 0.182. The Morgan fingerprint density at radius 1 is 1.50 bits per heavy atom. The highest BCUT2D eigenvalue weighted by Crippen LogP contribution is 2.22. The predicted octanol–water partition coefficient (Wildman–Crippen LogP) is 2.21. The normalized spacial score (nSPS) is 10.6. The second-order valence-electron chi connectivity index (χ2n) is 3.30. The van der Waals surface area contributed by atoms with Crippen LogP contribution in [0.1, 0.15) is 5.89 Å². The Hall–Kier alpha value is -1.88. The van der Waals surface area contributed by atoms with Crippen molar-refractivity contribution in [3.63, 3.8) is 0 Å². The van der Waals surface area contributed by atoms with E-state index in [2.05, 4.69) is 4.98 Å². The fourth-order valence-electron chi connectivity index (χ4n) is 1.34. The molecule has 16 heavy (non-hydrogen) atoms. The topological polar surface area (TPSA) is 61.3 Å². The van der Waals surface area contributed by atoms with Gasteiger partial charge in [0, 0.05) is 12.7 Å². The van der Waals surface area contributed by atoms with Crippen LogP contribution in [0.15, 0.2) is 28.9 Å². The molecule has 1 aromatic heterocycles. The molecule has 84 valence electrons. The number of oxazole rings is 1. The minimum atomic E-state index is -0.440. The van der Waals surface area contributed by atoms with Gasteiger partial charge in [0.25, 0.3) is 0 Å². The van der Waals surface area contributed by atoms with Crippen molar-refractivity contribution >= 4 is 5.69 Å². The molecule has 0 radical (unpaired) electrons. The summed E-state index contributed by atoms with van der Waals surface area (Å²) >= 11 is 0. The molecule has 0 amide bonds. The Balaban J connectivity index is 2.31. The van der Waals surface area contributed by atoms with E-state index in [4.69, 9.17) is 14.9 Å². The first kappa shape index (κ1) is 10.6. The minimum absolute atomic E-state index is 0.0915. The van der Waals surface area contributed by atoms with Gasteiger partial charge in [0.05, 0.1) is 5.69 Å². The molecule has 0 fully saturated rings. The third-order valence-electron chi connectivity index (χ3n) is 2.11. The summed E-state index contributed by atoms with van der Waals surface area (Å²) in [6, 6.07) is 4.42. The van der Waals surface area contributed by atoms with Gasteiger partial charge in [-0.05, 0) is 18.2 Å². The van der Waals surface area contributed by atoms with Gasteiger partial charge in [-0.15, -0.1) is 0 Å². The van der Waals surface area contributed by atoms with E-state index in [1.807, 2.05) is 0 Å². The number of nitrogen functional groups attached to an aromatic ring is 1. The van der Waals surface area contributed by atoms with Gasteiger partial charge in [0.15, 0.2) is 0 Å². The maximum absolute atomic E-state index is 13.0. The lowest BCUT2D eigenvalue weighted by molar-refractivity contribution is 0.159. The second kappa shape index (κ2) is 4.32. The highest BCUT2D eigenvalue weighted by atomic mass is 19.1. The number of hydrogen-bond acceptors (Lipinski definition) is 4. The quantitative estimate of drug-likeness (QED) is 0.809. The molecule has 0 saturated carbocycles. The molecule has 0 aliphatic heterocycles. The first-order valence-electron chi connectivity index (χ1n) is 4.69. The second-order valence-corrected chi connectivity index (χ2v) is 3.30. The third kappa shape index (κ3) is 2.04. The van der Waals surface area contributed by atoms with Gasteiger partial charge < -0.3 is 14.9 Å². The van der Waals surface area contributed by atoms with Crippen molar-refractivity contribution in [3.05, 3.63) is 36.2 Å². The Kier molecular flexibility index (Phi) is 2.87. The minimum Gasteiger partial charge on any atom is -0.446 e. The fourth-order valence-corrected chi connectivity index (χ4v) is 1.34. The smallest absolute Gasteiger partial charge is 0.220 e. The largest absolute Gasteiger partial charge is 0.446 e. The van der Waals surface area contributed by atoms with Crippen LogP contribution in [0.4, 0.5) is 10.1 Å². The zero-order valence-electron chi connectivity index (χ0n) is 8.74. The molecule has 0 aliphatic carbocycles. The molecule has 4 nitrogen and oxygen atoms in total. The van der Waals surface area contributed by atoms with Crippen LogP contribution < -0.4 is 5.73 Å². The number of hydrogen-bond donors (Lipinski definition) is 1. The van der Waals surface area contributed by atoms with Crippen molar-refractivity contribution < 1.29 is 13.5 Å². The van der Waals surface area contributed by atoms with Crippen LogP contribution in [-0.2, 0) is 11.3 Å². The molecule has 2 rings (SSSR count). The van der Waals surface area contributed by atoms with E-state index < -0.39 is 5.82 Å². The summed E-state index contributed by atoms with van der Waals surface area (Å²) in [5.74, 6) is 0.0322.